The van der Waals surface area contributed by atoms with Gasteiger partial charge in [0.1, 0.15) is 6.10 Å². The van der Waals surface area contributed by atoms with Gasteiger partial charge in [0, 0.05) is 18.1 Å². The first-order valence-corrected chi connectivity index (χ1v) is 10.9. The summed E-state index contributed by atoms with van der Waals surface area (Å²) >= 11 is 0. The molecule has 0 radical (unpaired) electrons. The zero-order valence-electron chi connectivity index (χ0n) is 18.0. The summed E-state index contributed by atoms with van der Waals surface area (Å²) < 4.78 is 17.8. The van der Waals surface area contributed by atoms with Crippen LogP contribution in [0.2, 0.25) is 0 Å². The Morgan fingerprint density at radius 3 is 2.63 bits per heavy atom. The molecule has 2 fully saturated rings. The monoisotopic (exact) mass is 418 g/mol. The van der Waals surface area contributed by atoms with Gasteiger partial charge in [-0.15, -0.1) is 0 Å². The molecule has 0 aliphatic carbocycles. The third-order valence-electron chi connectivity index (χ3n) is 5.80. The summed E-state index contributed by atoms with van der Waals surface area (Å²) in [6.45, 7) is 6.55. The molecule has 0 saturated carbocycles. The lowest BCUT2D eigenvalue weighted by Gasteiger charge is -2.43. The van der Waals surface area contributed by atoms with Crippen LogP contribution in [-0.4, -0.2) is 66.4 Å². The number of ether oxygens (including phenoxy) is 3. The van der Waals surface area contributed by atoms with Crippen LogP contribution in [0.1, 0.15) is 45.1 Å². The van der Waals surface area contributed by atoms with E-state index in [2.05, 4.69) is 27.1 Å². The van der Waals surface area contributed by atoms with Gasteiger partial charge < -0.3 is 19.3 Å². The fraction of sp³-hybridized carbons (Fsp3) is 0.727. The van der Waals surface area contributed by atoms with Crippen molar-refractivity contribution in [1.82, 2.24) is 4.90 Å². The first-order valence-electron chi connectivity index (χ1n) is 10.9. The molecule has 166 valence electrons. The SMILES string of the molecule is CC1(C)O[C@@H]2[C@H](O1)[C@@H](N=[N+]=[N-])CN(CCCCCCOCc1ccccc1)[C@H]2CO. The Morgan fingerprint density at radius 2 is 1.90 bits per heavy atom. The van der Waals surface area contributed by atoms with Crippen molar-refractivity contribution in [3.8, 4) is 0 Å². The Bertz CT molecular complexity index is 696. The van der Waals surface area contributed by atoms with E-state index in [4.69, 9.17) is 19.7 Å². The molecule has 2 heterocycles. The average molecular weight is 419 g/mol. The van der Waals surface area contributed by atoms with Crippen LogP contribution in [0, 0.1) is 0 Å². The maximum Gasteiger partial charge on any atom is 0.163 e. The summed E-state index contributed by atoms with van der Waals surface area (Å²) in [7, 11) is 0. The predicted molar refractivity (Wildman–Crippen MR) is 114 cm³/mol. The van der Waals surface area contributed by atoms with Crippen molar-refractivity contribution in [2.75, 3.05) is 26.3 Å². The number of rotatable bonds is 11. The second-order valence-electron chi connectivity index (χ2n) is 8.53. The van der Waals surface area contributed by atoms with E-state index in [0.717, 1.165) is 38.8 Å². The van der Waals surface area contributed by atoms with Crippen molar-refractivity contribution in [3.63, 3.8) is 0 Å². The summed E-state index contributed by atoms with van der Waals surface area (Å²) in [5.41, 5.74) is 10.2. The molecule has 8 heteroatoms. The van der Waals surface area contributed by atoms with Gasteiger partial charge in [0.25, 0.3) is 0 Å². The standard InChI is InChI=1S/C22H34N4O4/c1-22(2)29-20-18(24-25-23)14-26(19(15-27)21(20)30-22)12-8-3-4-9-13-28-16-17-10-6-5-7-11-17/h5-7,10-11,18-21,27H,3-4,8-9,12-16H2,1-2H3/t18-,19-,20+,21-/m0/s1. The lowest BCUT2D eigenvalue weighted by molar-refractivity contribution is -0.150. The highest BCUT2D eigenvalue weighted by atomic mass is 16.8. The van der Waals surface area contributed by atoms with Crippen LogP contribution in [-0.2, 0) is 20.8 Å². The molecule has 0 aromatic heterocycles. The highest BCUT2D eigenvalue weighted by molar-refractivity contribution is 5.13. The number of azide groups is 1. The molecule has 3 rings (SSSR count). The van der Waals surface area contributed by atoms with Crippen LogP contribution in [0.4, 0.5) is 0 Å². The van der Waals surface area contributed by atoms with Gasteiger partial charge in [0.2, 0.25) is 0 Å². The largest absolute Gasteiger partial charge is 0.395 e. The Kier molecular flexibility index (Phi) is 8.50. The van der Waals surface area contributed by atoms with E-state index in [9.17, 15) is 5.11 Å². The highest BCUT2D eigenvalue weighted by Gasteiger charge is 2.52. The number of aliphatic hydroxyl groups is 1. The number of benzene rings is 1. The normalized spacial score (nSPS) is 28.1. The van der Waals surface area contributed by atoms with Crippen LogP contribution >= 0.6 is 0 Å². The van der Waals surface area contributed by atoms with Gasteiger partial charge in [0.05, 0.1) is 31.4 Å². The topological polar surface area (TPSA) is 99.9 Å². The van der Waals surface area contributed by atoms with Crippen molar-refractivity contribution >= 4 is 0 Å². The lowest BCUT2D eigenvalue weighted by atomic mass is 9.92. The molecule has 2 aliphatic heterocycles. The maximum absolute atomic E-state index is 9.99. The second kappa shape index (κ2) is 11.1. The molecule has 0 spiro atoms. The third kappa shape index (κ3) is 6.17. The van der Waals surface area contributed by atoms with Crippen molar-refractivity contribution in [1.29, 1.82) is 0 Å². The van der Waals surface area contributed by atoms with E-state index in [1.807, 2.05) is 32.0 Å². The minimum Gasteiger partial charge on any atom is -0.395 e. The van der Waals surface area contributed by atoms with Gasteiger partial charge >= 0.3 is 0 Å². The van der Waals surface area contributed by atoms with E-state index in [1.165, 1.54) is 5.56 Å². The van der Waals surface area contributed by atoms with Crippen molar-refractivity contribution < 1.29 is 19.3 Å². The molecule has 1 N–H and O–H groups in total. The van der Waals surface area contributed by atoms with Gasteiger partial charge in [-0.05, 0) is 44.3 Å². The Labute approximate surface area is 178 Å². The zero-order chi connectivity index (χ0) is 21.4. The Hall–Kier alpha value is -1.67. The van der Waals surface area contributed by atoms with E-state index in [-0.39, 0.29) is 30.9 Å². The lowest BCUT2D eigenvalue weighted by Crippen LogP contribution is -2.60. The predicted octanol–water partition coefficient (Wildman–Crippen LogP) is 3.64. The number of aliphatic hydroxyl groups excluding tert-OH is 1. The van der Waals surface area contributed by atoms with Crippen molar-refractivity contribution in [2.24, 2.45) is 5.11 Å². The molecule has 4 atom stereocenters. The van der Waals surface area contributed by atoms with E-state index < -0.39 is 5.79 Å². The summed E-state index contributed by atoms with van der Waals surface area (Å²) in [6, 6.07) is 9.76. The van der Waals surface area contributed by atoms with Gasteiger partial charge in [-0.1, -0.05) is 48.3 Å². The highest BCUT2D eigenvalue weighted by Crippen LogP contribution is 2.37. The molecule has 0 bridgehead atoms. The maximum atomic E-state index is 9.99. The second-order valence-corrected chi connectivity index (χ2v) is 8.53. The van der Waals surface area contributed by atoms with E-state index in [0.29, 0.717) is 13.2 Å². The zero-order valence-corrected chi connectivity index (χ0v) is 18.0. The molecule has 1 aromatic rings. The van der Waals surface area contributed by atoms with Crippen LogP contribution in [0.3, 0.4) is 0 Å². The smallest absolute Gasteiger partial charge is 0.163 e. The Balaban J connectivity index is 1.39. The van der Waals surface area contributed by atoms with E-state index >= 15 is 0 Å². The first kappa shape index (κ1) is 23.0. The molecule has 0 unspecified atom stereocenters. The number of nitrogens with zero attached hydrogens (tertiary/aromatic N) is 4. The van der Waals surface area contributed by atoms with E-state index in [1.54, 1.807) is 0 Å². The summed E-state index contributed by atoms with van der Waals surface area (Å²) in [6.07, 6.45) is 3.64. The van der Waals surface area contributed by atoms with Gasteiger partial charge in [-0.2, -0.15) is 0 Å². The van der Waals surface area contributed by atoms with Gasteiger partial charge in [-0.3, -0.25) is 4.90 Å². The number of fused-ring (bicyclic) bond motifs is 1. The molecule has 1 aromatic carbocycles. The molecule has 30 heavy (non-hydrogen) atoms. The summed E-state index contributed by atoms with van der Waals surface area (Å²) in [5, 5.41) is 13.9. The fourth-order valence-corrected chi connectivity index (χ4v) is 4.38. The molecular weight excluding hydrogens is 384 g/mol. The fourth-order valence-electron chi connectivity index (χ4n) is 4.38. The Morgan fingerprint density at radius 1 is 1.17 bits per heavy atom. The van der Waals surface area contributed by atoms with Crippen LogP contribution in [0.25, 0.3) is 10.4 Å². The van der Waals surface area contributed by atoms with Crippen molar-refractivity contribution in [3.05, 3.63) is 46.3 Å². The number of hydrogen-bond acceptors (Lipinski definition) is 6. The molecule has 2 aliphatic rings. The summed E-state index contributed by atoms with van der Waals surface area (Å²) in [4.78, 5) is 5.19. The number of hydrogen-bond donors (Lipinski definition) is 1. The quantitative estimate of drug-likeness (QED) is 0.256. The average Bonchev–Trinajstić information content (AvgIpc) is 3.06. The molecule has 2 saturated heterocycles. The van der Waals surface area contributed by atoms with Crippen LogP contribution in [0.5, 0.6) is 0 Å². The van der Waals surface area contributed by atoms with Crippen molar-refractivity contribution in [2.45, 2.75) is 76.2 Å². The minimum atomic E-state index is -0.734. The molecule has 0 amide bonds. The minimum absolute atomic E-state index is 0.00306. The molecule has 8 nitrogen and oxygen atoms in total. The number of piperidine rings is 1. The first-order chi connectivity index (χ1) is 14.5. The van der Waals surface area contributed by atoms with Crippen LogP contribution < -0.4 is 0 Å². The number of likely N-dealkylation sites (tertiary alicyclic amines) is 1. The third-order valence-corrected chi connectivity index (χ3v) is 5.80. The van der Waals surface area contributed by atoms with Crippen LogP contribution in [0.15, 0.2) is 35.4 Å². The van der Waals surface area contributed by atoms with Gasteiger partial charge in [-0.25, -0.2) is 0 Å². The summed E-state index contributed by atoms with van der Waals surface area (Å²) in [5.74, 6) is -0.734. The number of unbranched alkanes of at least 4 members (excludes halogenated alkanes) is 3. The molecular formula is C22H34N4O4. The van der Waals surface area contributed by atoms with Gasteiger partial charge in [0.15, 0.2) is 5.79 Å².